The lowest BCUT2D eigenvalue weighted by molar-refractivity contribution is 0.167. The molecule has 0 saturated heterocycles. The van der Waals surface area contributed by atoms with Crippen LogP contribution in [-0.4, -0.2) is 11.7 Å². The average molecular weight is 256 g/mol. The average Bonchev–Trinajstić information content (AvgIpc) is 2.48. The van der Waals surface area contributed by atoms with Gasteiger partial charge in [0.25, 0.3) is 0 Å². The normalized spacial score (nSPS) is 12.1. The van der Waals surface area contributed by atoms with Crippen LogP contribution in [0, 0.1) is 0 Å². The van der Waals surface area contributed by atoms with Crippen molar-refractivity contribution in [3.05, 3.63) is 65.7 Å². The van der Waals surface area contributed by atoms with Gasteiger partial charge in [-0.2, -0.15) is 0 Å². The topological polar surface area (TPSA) is 29.5 Å². The summed E-state index contributed by atoms with van der Waals surface area (Å²) in [7, 11) is 0. The minimum absolute atomic E-state index is 0.451. The standard InChI is InChI=1S/C17H20O2/c1-2-16(18)15-10-6-7-11-17(15)19-13-12-14-8-4-3-5-9-14/h3-11,16,18H,2,12-13H2,1H3/t16-/m0/s1. The fourth-order valence-corrected chi connectivity index (χ4v) is 2.03. The van der Waals surface area contributed by atoms with Gasteiger partial charge in [0, 0.05) is 12.0 Å². The highest BCUT2D eigenvalue weighted by atomic mass is 16.5. The van der Waals surface area contributed by atoms with Crippen molar-refractivity contribution < 1.29 is 9.84 Å². The number of hydrogen-bond donors (Lipinski definition) is 1. The van der Waals surface area contributed by atoms with Crippen molar-refractivity contribution >= 4 is 0 Å². The first-order valence-corrected chi connectivity index (χ1v) is 6.75. The first kappa shape index (κ1) is 13.6. The lowest BCUT2D eigenvalue weighted by atomic mass is 10.1. The Labute approximate surface area is 114 Å². The number of hydrogen-bond acceptors (Lipinski definition) is 2. The molecule has 0 unspecified atom stereocenters. The first-order valence-electron chi connectivity index (χ1n) is 6.75. The number of para-hydroxylation sites is 1. The van der Waals surface area contributed by atoms with E-state index in [0.717, 1.165) is 17.7 Å². The van der Waals surface area contributed by atoms with Crippen molar-refractivity contribution in [3.63, 3.8) is 0 Å². The van der Waals surface area contributed by atoms with E-state index in [9.17, 15) is 5.11 Å². The van der Waals surface area contributed by atoms with Crippen LogP contribution in [0.1, 0.15) is 30.6 Å². The van der Waals surface area contributed by atoms with E-state index in [1.807, 2.05) is 49.4 Å². The summed E-state index contributed by atoms with van der Waals surface area (Å²) >= 11 is 0. The lowest BCUT2D eigenvalue weighted by Crippen LogP contribution is -2.05. The van der Waals surface area contributed by atoms with Crippen LogP contribution in [0.2, 0.25) is 0 Å². The molecule has 2 aromatic rings. The van der Waals surface area contributed by atoms with Crippen molar-refractivity contribution in [2.75, 3.05) is 6.61 Å². The highest BCUT2D eigenvalue weighted by Crippen LogP contribution is 2.26. The molecule has 100 valence electrons. The molecule has 2 aromatic carbocycles. The number of aliphatic hydroxyl groups excluding tert-OH is 1. The second-order valence-corrected chi connectivity index (χ2v) is 4.55. The van der Waals surface area contributed by atoms with Gasteiger partial charge in [-0.05, 0) is 18.1 Å². The Balaban J connectivity index is 1.96. The van der Waals surface area contributed by atoms with Gasteiger partial charge in [0.15, 0.2) is 0 Å². The van der Waals surface area contributed by atoms with Crippen molar-refractivity contribution in [2.24, 2.45) is 0 Å². The molecule has 0 saturated carbocycles. The molecule has 1 N–H and O–H groups in total. The summed E-state index contributed by atoms with van der Waals surface area (Å²) in [4.78, 5) is 0. The highest BCUT2D eigenvalue weighted by molar-refractivity contribution is 5.35. The van der Waals surface area contributed by atoms with Crippen LogP contribution < -0.4 is 4.74 Å². The predicted octanol–water partition coefficient (Wildman–Crippen LogP) is 3.75. The van der Waals surface area contributed by atoms with Gasteiger partial charge in [-0.25, -0.2) is 0 Å². The third kappa shape index (κ3) is 3.83. The largest absolute Gasteiger partial charge is 0.493 e. The van der Waals surface area contributed by atoms with Gasteiger partial charge in [-0.15, -0.1) is 0 Å². The molecule has 2 rings (SSSR count). The van der Waals surface area contributed by atoms with Crippen LogP contribution in [-0.2, 0) is 6.42 Å². The van der Waals surface area contributed by atoms with Crippen LogP contribution >= 0.6 is 0 Å². The number of ether oxygens (including phenoxy) is 1. The van der Waals surface area contributed by atoms with Gasteiger partial charge >= 0.3 is 0 Å². The van der Waals surface area contributed by atoms with Crippen LogP contribution in [0.15, 0.2) is 54.6 Å². The van der Waals surface area contributed by atoms with Crippen molar-refractivity contribution in [1.29, 1.82) is 0 Å². The third-order valence-corrected chi connectivity index (χ3v) is 3.16. The Bertz CT molecular complexity index is 494. The molecule has 0 aliphatic heterocycles. The highest BCUT2D eigenvalue weighted by Gasteiger charge is 2.10. The monoisotopic (exact) mass is 256 g/mol. The Morgan fingerprint density at radius 2 is 1.68 bits per heavy atom. The van der Waals surface area contributed by atoms with Gasteiger partial charge < -0.3 is 9.84 Å². The second-order valence-electron chi connectivity index (χ2n) is 4.55. The summed E-state index contributed by atoms with van der Waals surface area (Å²) in [5.41, 5.74) is 2.13. The number of benzene rings is 2. The lowest BCUT2D eigenvalue weighted by Gasteiger charge is -2.14. The molecule has 0 spiro atoms. The van der Waals surface area contributed by atoms with Crippen LogP contribution in [0.4, 0.5) is 0 Å². The molecule has 0 aromatic heterocycles. The summed E-state index contributed by atoms with van der Waals surface area (Å²) in [6, 6.07) is 18.0. The zero-order valence-electron chi connectivity index (χ0n) is 11.3. The zero-order valence-corrected chi connectivity index (χ0v) is 11.3. The first-order chi connectivity index (χ1) is 9.31. The van der Waals surface area contributed by atoms with Gasteiger partial charge in [-0.1, -0.05) is 55.5 Å². The van der Waals surface area contributed by atoms with E-state index in [0.29, 0.717) is 13.0 Å². The fraction of sp³-hybridized carbons (Fsp3) is 0.294. The minimum atomic E-state index is -0.451. The molecule has 0 bridgehead atoms. The summed E-state index contributed by atoms with van der Waals surface area (Å²) in [5, 5.41) is 9.95. The quantitative estimate of drug-likeness (QED) is 0.853. The third-order valence-electron chi connectivity index (χ3n) is 3.16. The molecule has 1 atom stereocenters. The minimum Gasteiger partial charge on any atom is -0.493 e. The smallest absolute Gasteiger partial charge is 0.125 e. The van der Waals surface area contributed by atoms with E-state index in [1.54, 1.807) is 0 Å². The number of rotatable bonds is 6. The van der Waals surface area contributed by atoms with Gasteiger partial charge in [0.2, 0.25) is 0 Å². The van der Waals surface area contributed by atoms with E-state index in [2.05, 4.69) is 12.1 Å². The molecule has 2 heteroatoms. The molecule has 19 heavy (non-hydrogen) atoms. The molecule has 0 fully saturated rings. The Hall–Kier alpha value is -1.80. The Morgan fingerprint density at radius 1 is 1.00 bits per heavy atom. The molecule has 0 aliphatic rings. The predicted molar refractivity (Wildman–Crippen MR) is 77.3 cm³/mol. The van der Waals surface area contributed by atoms with Crippen LogP contribution in [0.3, 0.4) is 0 Å². The molecular weight excluding hydrogens is 236 g/mol. The fourth-order valence-electron chi connectivity index (χ4n) is 2.03. The molecule has 0 aliphatic carbocycles. The van der Waals surface area contributed by atoms with Gasteiger partial charge in [0.05, 0.1) is 12.7 Å². The summed E-state index contributed by atoms with van der Waals surface area (Å²) < 4.78 is 5.80. The Kier molecular flexibility index (Phi) is 4.99. The Morgan fingerprint density at radius 3 is 2.42 bits per heavy atom. The summed E-state index contributed by atoms with van der Waals surface area (Å²) in [6.07, 6.45) is 1.11. The maximum atomic E-state index is 9.95. The molecule has 0 heterocycles. The summed E-state index contributed by atoms with van der Waals surface area (Å²) in [5.74, 6) is 0.785. The van der Waals surface area contributed by atoms with Crippen molar-refractivity contribution in [1.82, 2.24) is 0 Å². The van der Waals surface area contributed by atoms with Crippen LogP contribution in [0.5, 0.6) is 5.75 Å². The molecular formula is C17H20O2. The molecule has 0 radical (unpaired) electrons. The van der Waals surface area contributed by atoms with Crippen molar-refractivity contribution in [3.8, 4) is 5.75 Å². The van der Waals surface area contributed by atoms with E-state index in [1.165, 1.54) is 5.56 Å². The van der Waals surface area contributed by atoms with E-state index in [4.69, 9.17) is 4.74 Å². The van der Waals surface area contributed by atoms with E-state index >= 15 is 0 Å². The zero-order chi connectivity index (χ0) is 13.5. The second kappa shape index (κ2) is 6.95. The molecule has 0 amide bonds. The molecule has 2 nitrogen and oxygen atoms in total. The van der Waals surface area contributed by atoms with E-state index in [-0.39, 0.29) is 0 Å². The SMILES string of the molecule is CC[C@H](O)c1ccccc1OCCc1ccccc1. The maximum absolute atomic E-state index is 9.95. The van der Waals surface area contributed by atoms with Crippen molar-refractivity contribution in [2.45, 2.75) is 25.9 Å². The van der Waals surface area contributed by atoms with E-state index < -0.39 is 6.10 Å². The number of aliphatic hydroxyl groups is 1. The van der Waals surface area contributed by atoms with Gasteiger partial charge in [0.1, 0.15) is 5.75 Å². The maximum Gasteiger partial charge on any atom is 0.125 e. The summed E-state index contributed by atoms with van der Waals surface area (Å²) in [6.45, 7) is 2.59. The van der Waals surface area contributed by atoms with Crippen LogP contribution in [0.25, 0.3) is 0 Å². The van der Waals surface area contributed by atoms with Gasteiger partial charge in [-0.3, -0.25) is 0 Å².